The average Bonchev–Trinajstić information content (AvgIpc) is 3.37. The number of fused-ring (bicyclic) bond motifs is 2. The number of likely N-dealkylation sites (tertiary alicyclic amines) is 1. The summed E-state index contributed by atoms with van der Waals surface area (Å²) in [6.07, 6.45) is 6.21. The number of anilines is 1. The summed E-state index contributed by atoms with van der Waals surface area (Å²) in [5.41, 5.74) is 8.30. The van der Waals surface area contributed by atoms with E-state index in [0.717, 1.165) is 70.0 Å². The van der Waals surface area contributed by atoms with E-state index in [1.54, 1.807) is 24.9 Å². The maximum absolute atomic E-state index is 11.6. The third-order valence-corrected chi connectivity index (χ3v) is 8.02. The summed E-state index contributed by atoms with van der Waals surface area (Å²) >= 11 is 5.23. The lowest BCUT2D eigenvalue weighted by molar-refractivity contribution is -0.130. The minimum Gasteiger partial charge on any atom is -0.464 e. The Bertz CT molecular complexity index is 1290. The summed E-state index contributed by atoms with van der Waals surface area (Å²) in [4.78, 5) is 27.9. The van der Waals surface area contributed by atoms with Crippen LogP contribution < -0.4 is 5.73 Å². The quantitative estimate of drug-likeness (QED) is 0.410. The van der Waals surface area contributed by atoms with Gasteiger partial charge in [0.25, 0.3) is 0 Å². The monoisotopic (exact) mass is 514 g/mol. The lowest BCUT2D eigenvalue weighted by atomic mass is 9.93. The van der Waals surface area contributed by atoms with Crippen molar-refractivity contribution in [1.82, 2.24) is 24.4 Å². The third kappa shape index (κ3) is 4.09. The van der Waals surface area contributed by atoms with Crippen molar-refractivity contribution in [2.75, 3.05) is 18.8 Å². The second-order valence-electron chi connectivity index (χ2n) is 8.06. The van der Waals surface area contributed by atoms with E-state index in [4.69, 9.17) is 15.1 Å². The Balaban J connectivity index is 1.42. The van der Waals surface area contributed by atoms with Crippen LogP contribution in [0.1, 0.15) is 26.2 Å². The molecule has 0 bridgehead atoms. The van der Waals surface area contributed by atoms with Crippen LogP contribution in [0.5, 0.6) is 0 Å². The van der Waals surface area contributed by atoms with E-state index in [1.165, 1.54) is 6.33 Å². The molecule has 1 aromatic carbocycles. The van der Waals surface area contributed by atoms with Crippen molar-refractivity contribution in [2.45, 2.75) is 42.8 Å². The molecule has 5 rings (SSSR count). The summed E-state index contributed by atoms with van der Waals surface area (Å²) in [5.74, 6) is 1.10. The smallest absolute Gasteiger partial charge is 0.219 e. The molecule has 1 amide bonds. The Kier molecular flexibility index (Phi) is 5.81. The molecule has 0 aliphatic carbocycles. The normalized spacial score (nSPS) is 15.1. The van der Waals surface area contributed by atoms with Gasteiger partial charge in [0.2, 0.25) is 5.91 Å². The highest BCUT2D eigenvalue weighted by atomic mass is 79.9. The van der Waals surface area contributed by atoms with Gasteiger partial charge in [-0.05, 0) is 59.3 Å². The molecule has 0 saturated carbocycles. The fourth-order valence-corrected chi connectivity index (χ4v) is 5.75. The molecule has 2 N–H and O–H groups in total. The molecule has 0 radical (unpaired) electrons. The number of halogens is 1. The first-order chi connectivity index (χ1) is 15.5. The zero-order valence-corrected chi connectivity index (χ0v) is 20.0. The molecule has 8 nitrogen and oxygen atoms in total. The summed E-state index contributed by atoms with van der Waals surface area (Å²) < 4.78 is 8.69. The Morgan fingerprint density at radius 1 is 1.31 bits per heavy atom. The van der Waals surface area contributed by atoms with Gasteiger partial charge in [0.05, 0.1) is 6.26 Å². The lowest BCUT2D eigenvalue weighted by Crippen LogP contribution is -2.37. The van der Waals surface area contributed by atoms with Gasteiger partial charge in [-0.2, -0.15) is 0 Å². The number of hydrogen-bond acceptors (Lipinski definition) is 7. The molecular formula is C22H23BrN6O2S. The molecule has 4 heterocycles. The minimum atomic E-state index is 0.161. The average molecular weight is 515 g/mol. The van der Waals surface area contributed by atoms with E-state index in [9.17, 15) is 4.79 Å². The van der Waals surface area contributed by atoms with Gasteiger partial charge in [0, 0.05) is 41.3 Å². The topological polar surface area (TPSA) is 103 Å². The van der Waals surface area contributed by atoms with Crippen LogP contribution in [0.25, 0.3) is 22.1 Å². The van der Waals surface area contributed by atoms with Crippen LogP contribution in [0.3, 0.4) is 0 Å². The number of nitrogens with zero attached hydrogens (tertiary/aromatic N) is 5. The predicted molar refractivity (Wildman–Crippen MR) is 127 cm³/mol. The first-order valence-corrected chi connectivity index (χ1v) is 12.2. The zero-order valence-electron chi connectivity index (χ0n) is 17.6. The molecule has 3 aromatic heterocycles. The number of benzene rings is 1. The number of carbonyl (C=O) groups is 1. The highest BCUT2D eigenvalue weighted by Crippen LogP contribution is 2.38. The summed E-state index contributed by atoms with van der Waals surface area (Å²) in [7, 11) is 0. The van der Waals surface area contributed by atoms with Gasteiger partial charge in [0.15, 0.2) is 22.1 Å². The van der Waals surface area contributed by atoms with Crippen molar-refractivity contribution < 1.29 is 9.21 Å². The van der Waals surface area contributed by atoms with Crippen molar-refractivity contribution in [3.05, 3.63) is 35.3 Å². The first kappa shape index (κ1) is 21.3. The molecule has 1 saturated heterocycles. The van der Waals surface area contributed by atoms with Gasteiger partial charge in [-0.1, -0.05) is 11.8 Å². The lowest BCUT2D eigenvalue weighted by Gasteiger charge is -2.31. The number of aromatic nitrogens is 4. The number of imidazole rings is 1. The minimum absolute atomic E-state index is 0.161. The number of carbonyl (C=O) groups excluding carboxylic acids is 1. The van der Waals surface area contributed by atoms with Crippen LogP contribution in [0.15, 0.2) is 49.7 Å². The first-order valence-electron chi connectivity index (χ1n) is 10.6. The molecule has 0 atom stereocenters. The molecule has 1 aliphatic heterocycles. The third-order valence-electron chi connectivity index (χ3n) is 6.05. The van der Waals surface area contributed by atoms with Crippen LogP contribution in [0.4, 0.5) is 5.82 Å². The fourth-order valence-electron chi connectivity index (χ4n) is 4.20. The summed E-state index contributed by atoms with van der Waals surface area (Å²) in [6, 6.07) is 6.00. The summed E-state index contributed by atoms with van der Waals surface area (Å²) in [5, 5.41) is 1.86. The molecule has 166 valence electrons. The largest absolute Gasteiger partial charge is 0.464 e. The molecule has 1 aliphatic rings. The van der Waals surface area contributed by atoms with Gasteiger partial charge in [0.1, 0.15) is 11.9 Å². The van der Waals surface area contributed by atoms with Gasteiger partial charge < -0.3 is 19.6 Å². The van der Waals surface area contributed by atoms with Crippen molar-refractivity contribution in [2.24, 2.45) is 5.92 Å². The van der Waals surface area contributed by atoms with E-state index in [0.29, 0.717) is 17.3 Å². The highest BCUT2D eigenvalue weighted by molar-refractivity contribution is 9.10. The van der Waals surface area contributed by atoms with E-state index >= 15 is 0 Å². The van der Waals surface area contributed by atoms with E-state index in [2.05, 4.69) is 30.5 Å². The standard InChI is InChI=1S/C22H23BrN6O2S/c1-13(30)28-6-2-14(3-7-28)4-8-29-21-19(20(24)25-12-26-21)27-22(29)32-18-11-17-15(5-9-31-17)10-16(18)23/h5,9-12,14H,2-4,6-8H2,1H3,(H2,24,25,26). The predicted octanol–water partition coefficient (Wildman–Crippen LogP) is 4.72. The summed E-state index contributed by atoms with van der Waals surface area (Å²) in [6.45, 7) is 4.08. The molecule has 10 heteroatoms. The van der Waals surface area contributed by atoms with E-state index in [-0.39, 0.29) is 5.91 Å². The number of nitrogens with two attached hydrogens (primary N) is 1. The molecule has 32 heavy (non-hydrogen) atoms. The number of furan rings is 1. The van der Waals surface area contributed by atoms with Gasteiger partial charge in [-0.3, -0.25) is 4.79 Å². The maximum atomic E-state index is 11.6. The molecule has 4 aromatic rings. The number of amides is 1. The van der Waals surface area contributed by atoms with Crippen molar-refractivity contribution in [3.63, 3.8) is 0 Å². The van der Waals surface area contributed by atoms with E-state index in [1.807, 2.05) is 23.1 Å². The van der Waals surface area contributed by atoms with Crippen LogP contribution in [-0.2, 0) is 11.3 Å². The fraction of sp³-hybridized carbons (Fsp3) is 0.364. The molecule has 1 fully saturated rings. The number of aryl methyl sites for hydroxylation is 1. The molecule has 0 unspecified atom stereocenters. The van der Waals surface area contributed by atoms with Crippen molar-refractivity contribution >= 4 is 61.5 Å². The Labute approximate surface area is 197 Å². The number of rotatable bonds is 5. The SMILES string of the molecule is CC(=O)N1CCC(CCn2c(Sc3cc4occc4cc3Br)nc3c(N)ncnc32)CC1. The Hall–Kier alpha value is -2.59. The Morgan fingerprint density at radius 2 is 2.12 bits per heavy atom. The second-order valence-corrected chi connectivity index (χ2v) is 9.92. The van der Waals surface area contributed by atoms with Crippen molar-refractivity contribution in [3.8, 4) is 0 Å². The number of nitrogen functional groups attached to an aromatic ring is 1. The van der Waals surface area contributed by atoms with Crippen LogP contribution >= 0.6 is 27.7 Å². The number of piperidine rings is 1. The second kappa shape index (κ2) is 8.74. The van der Waals surface area contributed by atoms with Crippen molar-refractivity contribution in [1.29, 1.82) is 0 Å². The van der Waals surface area contributed by atoms with Gasteiger partial charge in [-0.15, -0.1) is 0 Å². The van der Waals surface area contributed by atoms with Gasteiger partial charge >= 0.3 is 0 Å². The van der Waals surface area contributed by atoms with E-state index < -0.39 is 0 Å². The Morgan fingerprint density at radius 3 is 2.91 bits per heavy atom. The zero-order chi connectivity index (χ0) is 22.2. The van der Waals surface area contributed by atoms with Crippen LogP contribution in [-0.4, -0.2) is 43.4 Å². The van der Waals surface area contributed by atoms with Crippen LogP contribution in [0, 0.1) is 5.92 Å². The highest BCUT2D eigenvalue weighted by Gasteiger charge is 2.23. The molecular weight excluding hydrogens is 492 g/mol. The maximum Gasteiger partial charge on any atom is 0.219 e. The number of hydrogen-bond donors (Lipinski definition) is 1. The van der Waals surface area contributed by atoms with Crippen LogP contribution in [0.2, 0.25) is 0 Å². The molecule has 0 spiro atoms. The van der Waals surface area contributed by atoms with Gasteiger partial charge in [-0.25, -0.2) is 15.0 Å².